The first-order valence-electron chi connectivity index (χ1n) is 6.95. The van der Waals surface area contributed by atoms with Gasteiger partial charge in [-0.05, 0) is 11.6 Å². The lowest BCUT2D eigenvalue weighted by Crippen LogP contribution is -2.12. The maximum atomic E-state index is 12.0. The summed E-state index contributed by atoms with van der Waals surface area (Å²) >= 11 is 0. The number of aromatic nitrogens is 2. The molecule has 1 atom stereocenters. The fourth-order valence-corrected chi connectivity index (χ4v) is 2.29. The molecule has 1 aliphatic rings. The predicted octanol–water partition coefficient (Wildman–Crippen LogP) is 3.15. The molecule has 0 bridgehead atoms. The van der Waals surface area contributed by atoms with Crippen LogP contribution in [0.1, 0.15) is 37.9 Å². The van der Waals surface area contributed by atoms with Crippen molar-refractivity contribution in [2.75, 3.05) is 5.32 Å². The highest BCUT2D eigenvalue weighted by atomic mass is 16.2. The number of aliphatic imine (C=N–C) groups is 1. The first kappa shape index (κ1) is 13.5. The highest BCUT2D eigenvalue weighted by molar-refractivity contribution is 6.12. The zero-order valence-corrected chi connectivity index (χ0v) is 12.3. The second-order valence-electron chi connectivity index (χ2n) is 6.22. The molecule has 1 aromatic heterocycles. The molecule has 2 N–H and O–H groups in total. The molecule has 0 saturated heterocycles. The number of nitrogens with one attached hydrogen (secondary N) is 2. The molecular formula is C16H18N4O. The van der Waals surface area contributed by atoms with Crippen molar-refractivity contribution in [3.8, 4) is 0 Å². The number of carbonyl (C=O) groups is 1. The van der Waals surface area contributed by atoms with Gasteiger partial charge < -0.3 is 5.32 Å². The van der Waals surface area contributed by atoms with Gasteiger partial charge in [-0.15, -0.1) is 0 Å². The zero-order valence-electron chi connectivity index (χ0n) is 12.3. The van der Waals surface area contributed by atoms with Gasteiger partial charge in [-0.2, -0.15) is 5.10 Å². The summed E-state index contributed by atoms with van der Waals surface area (Å²) in [5.41, 5.74) is 2.83. The van der Waals surface area contributed by atoms with Crippen LogP contribution < -0.4 is 5.32 Å². The number of benzene rings is 1. The number of anilines is 1. The average Bonchev–Trinajstić information content (AvgIpc) is 3.00. The normalized spacial score (nSPS) is 18.0. The molecule has 1 unspecified atom stereocenters. The Morgan fingerprint density at radius 2 is 2.05 bits per heavy atom. The second-order valence-corrected chi connectivity index (χ2v) is 6.22. The molecule has 5 nitrogen and oxygen atoms in total. The number of fused-ring (bicyclic) bond motifs is 1. The summed E-state index contributed by atoms with van der Waals surface area (Å²) in [5, 5.41) is 10.0. The fraction of sp³-hybridized carbons (Fsp3) is 0.312. The molecule has 1 aromatic carbocycles. The highest BCUT2D eigenvalue weighted by Crippen LogP contribution is 2.31. The van der Waals surface area contributed by atoms with Crippen molar-refractivity contribution in [2.45, 2.75) is 32.1 Å². The Balaban J connectivity index is 1.84. The number of H-pyrrole nitrogens is 1. The summed E-state index contributed by atoms with van der Waals surface area (Å²) in [5.74, 6) is 0.194. The van der Waals surface area contributed by atoms with Crippen LogP contribution >= 0.6 is 0 Å². The van der Waals surface area contributed by atoms with Crippen molar-refractivity contribution < 1.29 is 4.79 Å². The molecule has 0 aliphatic carbocycles. The third-order valence-electron chi connectivity index (χ3n) is 3.56. The summed E-state index contributed by atoms with van der Waals surface area (Å²) in [7, 11) is 0. The van der Waals surface area contributed by atoms with Gasteiger partial charge in [0.05, 0.1) is 0 Å². The van der Waals surface area contributed by atoms with Gasteiger partial charge in [0.15, 0.2) is 5.82 Å². The minimum Gasteiger partial charge on any atom is -0.325 e. The number of hydrogen-bond acceptors (Lipinski definition) is 3. The summed E-state index contributed by atoms with van der Waals surface area (Å²) in [4.78, 5) is 16.3. The Bertz CT molecular complexity index is 709. The Hall–Kier alpha value is -2.43. The lowest BCUT2D eigenvalue weighted by molar-refractivity contribution is -0.115. The Kier molecular flexibility index (Phi) is 3.12. The maximum absolute atomic E-state index is 12.0. The molecule has 5 heteroatoms. The SMILES string of the molecule is CC(C)(C)c1cc(N=CC2C(=O)Nc3ccccc32)n[nH]1. The average molecular weight is 282 g/mol. The lowest BCUT2D eigenvalue weighted by atomic mass is 9.92. The van der Waals surface area contributed by atoms with Crippen LogP contribution in [-0.4, -0.2) is 22.3 Å². The van der Waals surface area contributed by atoms with Crippen LogP contribution in [0.15, 0.2) is 35.3 Å². The molecule has 1 aliphatic heterocycles. The number of nitrogens with zero attached hydrogens (tertiary/aromatic N) is 2. The van der Waals surface area contributed by atoms with Crippen LogP contribution in [0.5, 0.6) is 0 Å². The van der Waals surface area contributed by atoms with Crippen molar-refractivity contribution in [2.24, 2.45) is 4.99 Å². The van der Waals surface area contributed by atoms with Gasteiger partial charge >= 0.3 is 0 Å². The van der Waals surface area contributed by atoms with Crippen LogP contribution in [0.3, 0.4) is 0 Å². The predicted molar refractivity (Wildman–Crippen MR) is 83.3 cm³/mol. The van der Waals surface area contributed by atoms with Gasteiger partial charge in [0, 0.05) is 29.1 Å². The smallest absolute Gasteiger partial charge is 0.237 e. The molecule has 21 heavy (non-hydrogen) atoms. The summed E-state index contributed by atoms with van der Waals surface area (Å²) < 4.78 is 0. The van der Waals surface area contributed by atoms with E-state index in [-0.39, 0.29) is 17.2 Å². The van der Waals surface area contributed by atoms with Crippen molar-refractivity contribution in [1.29, 1.82) is 0 Å². The minimum absolute atomic E-state index is 0.00188. The van der Waals surface area contributed by atoms with Crippen molar-refractivity contribution in [1.82, 2.24) is 10.2 Å². The van der Waals surface area contributed by atoms with Gasteiger partial charge in [-0.25, -0.2) is 4.99 Å². The van der Waals surface area contributed by atoms with Gasteiger partial charge in [-0.1, -0.05) is 39.0 Å². The topological polar surface area (TPSA) is 70.1 Å². The van der Waals surface area contributed by atoms with E-state index < -0.39 is 0 Å². The van der Waals surface area contributed by atoms with E-state index >= 15 is 0 Å². The van der Waals surface area contributed by atoms with Crippen LogP contribution in [-0.2, 0) is 10.2 Å². The summed E-state index contributed by atoms with van der Waals surface area (Å²) in [6.07, 6.45) is 1.66. The minimum atomic E-state index is -0.351. The van der Waals surface area contributed by atoms with E-state index in [1.807, 2.05) is 30.3 Å². The monoisotopic (exact) mass is 282 g/mol. The number of carbonyl (C=O) groups excluding carboxylic acids is 1. The van der Waals surface area contributed by atoms with Crippen molar-refractivity contribution in [3.05, 3.63) is 41.6 Å². The van der Waals surface area contributed by atoms with E-state index in [4.69, 9.17) is 0 Å². The molecule has 0 saturated carbocycles. The molecule has 108 valence electrons. The van der Waals surface area contributed by atoms with Gasteiger partial charge in [0.2, 0.25) is 5.91 Å². The Morgan fingerprint density at radius 3 is 2.76 bits per heavy atom. The number of hydrogen-bond donors (Lipinski definition) is 2. The van der Waals surface area contributed by atoms with Crippen molar-refractivity contribution in [3.63, 3.8) is 0 Å². The first-order chi connectivity index (χ1) is 9.95. The number of para-hydroxylation sites is 1. The Labute approximate surface area is 123 Å². The van der Waals surface area contributed by atoms with Gasteiger partial charge in [-0.3, -0.25) is 9.89 Å². The van der Waals surface area contributed by atoms with E-state index in [2.05, 4.69) is 41.3 Å². The largest absolute Gasteiger partial charge is 0.325 e. The number of rotatable bonds is 2. The summed E-state index contributed by atoms with van der Waals surface area (Å²) in [6, 6.07) is 9.58. The van der Waals surface area contributed by atoms with Crippen LogP contribution in [0, 0.1) is 0 Å². The van der Waals surface area contributed by atoms with E-state index in [9.17, 15) is 4.79 Å². The summed E-state index contributed by atoms with van der Waals surface area (Å²) in [6.45, 7) is 6.32. The van der Waals surface area contributed by atoms with E-state index in [1.54, 1.807) is 6.21 Å². The van der Waals surface area contributed by atoms with Gasteiger partial charge in [0.1, 0.15) is 5.92 Å². The number of aromatic amines is 1. The van der Waals surface area contributed by atoms with Crippen LogP contribution in [0.25, 0.3) is 0 Å². The number of amides is 1. The highest BCUT2D eigenvalue weighted by Gasteiger charge is 2.28. The third-order valence-corrected chi connectivity index (χ3v) is 3.56. The standard InChI is InChI=1S/C16H18N4O/c1-16(2,3)13-8-14(20-19-13)17-9-11-10-6-4-5-7-12(10)18-15(11)21/h4-9,11H,1-3H3,(H,18,21)(H,19,20). The zero-order chi connectivity index (χ0) is 15.0. The van der Waals surface area contributed by atoms with E-state index in [1.165, 1.54) is 0 Å². The lowest BCUT2D eigenvalue weighted by Gasteiger charge is -2.14. The van der Waals surface area contributed by atoms with E-state index in [0.29, 0.717) is 5.82 Å². The maximum Gasteiger partial charge on any atom is 0.237 e. The molecule has 1 amide bonds. The fourth-order valence-electron chi connectivity index (χ4n) is 2.29. The van der Waals surface area contributed by atoms with E-state index in [0.717, 1.165) is 16.9 Å². The van der Waals surface area contributed by atoms with Gasteiger partial charge in [0.25, 0.3) is 0 Å². The first-order valence-corrected chi connectivity index (χ1v) is 6.95. The van der Waals surface area contributed by atoms with Crippen LogP contribution in [0.2, 0.25) is 0 Å². The second kappa shape index (κ2) is 4.84. The molecule has 0 radical (unpaired) electrons. The molecular weight excluding hydrogens is 264 g/mol. The third kappa shape index (κ3) is 2.59. The molecule has 2 aromatic rings. The molecule has 0 fully saturated rings. The molecule has 3 rings (SSSR count). The van der Waals surface area contributed by atoms with Crippen LogP contribution in [0.4, 0.5) is 11.5 Å². The quantitative estimate of drug-likeness (QED) is 0.831. The van der Waals surface area contributed by atoms with Crippen molar-refractivity contribution >= 4 is 23.6 Å². The molecule has 2 heterocycles. The molecule has 0 spiro atoms. The Morgan fingerprint density at radius 1 is 1.29 bits per heavy atom.